The van der Waals surface area contributed by atoms with Crippen molar-refractivity contribution in [2.75, 3.05) is 6.61 Å². The fraction of sp³-hybridized carbons (Fsp3) is 0.562. The van der Waals surface area contributed by atoms with Crippen molar-refractivity contribution in [1.82, 2.24) is 14.6 Å². The Morgan fingerprint density at radius 2 is 2.21 bits per heavy atom. The van der Waals surface area contributed by atoms with Crippen molar-refractivity contribution < 1.29 is 28.3 Å². The second kappa shape index (κ2) is 7.09. The van der Waals surface area contributed by atoms with Crippen LogP contribution in [-0.2, 0) is 23.1 Å². The monoisotopic (exact) mass is 415 g/mol. The van der Waals surface area contributed by atoms with Crippen molar-refractivity contribution in [3.63, 3.8) is 0 Å². The van der Waals surface area contributed by atoms with Gasteiger partial charge >= 0.3 is 19.4 Å². The molecule has 154 valence electrons. The van der Waals surface area contributed by atoms with Crippen molar-refractivity contribution in [3.05, 3.63) is 45.3 Å². The Bertz CT molecular complexity index is 971. The average Bonchev–Trinajstić information content (AvgIpc) is 2.88. The lowest BCUT2D eigenvalue weighted by molar-refractivity contribution is -0.138. The Balaban J connectivity index is 1.98. The number of carboxylic acid groups (broad SMARTS) is 1. The maximum absolute atomic E-state index is 12.9. The molecule has 12 heteroatoms. The average molecular weight is 415 g/mol. The van der Waals surface area contributed by atoms with Gasteiger partial charge in [-0.2, -0.15) is 0 Å². The molecule has 0 saturated carbocycles. The van der Waals surface area contributed by atoms with Crippen LogP contribution in [0.1, 0.15) is 27.0 Å². The molecule has 0 aromatic carbocycles. The fourth-order valence-corrected chi connectivity index (χ4v) is 5.12. The smallest absolute Gasteiger partial charge is 0.406 e. The van der Waals surface area contributed by atoms with Crippen LogP contribution in [0.25, 0.3) is 0 Å². The van der Waals surface area contributed by atoms with Gasteiger partial charge in [0.05, 0.1) is 12.0 Å². The molecule has 2 saturated heterocycles. The van der Waals surface area contributed by atoms with E-state index in [0.717, 1.165) is 0 Å². The number of hydrogen-bond acceptors (Lipinski definition) is 7. The molecule has 2 aliphatic rings. The molecule has 1 aromatic rings. The largest absolute Gasteiger partial charge is 0.480 e. The molecule has 3 rings (SSSR count). The summed E-state index contributed by atoms with van der Waals surface area (Å²) >= 11 is 0. The molecule has 1 aromatic heterocycles. The summed E-state index contributed by atoms with van der Waals surface area (Å²) in [4.78, 5) is 36.9. The number of ether oxygens (including phenoxy) is 1. The summed E-state index contributed by atoms with van der Waals surface area (Å²) in [5.74, 6) is -1.22. The van der Waals surface area contributed by atoms with Gasteiger partial charge in [0.1, 0.15) is 24.5 Å². The minimum absolute atomic E-state index is 0.140. The van der Waals surface area contributed by atoms with Crippen molar-refractivity contribution >= 4 is 13.7 Å². The molecular formula is C16H22N3O8P. The molecular weight excluding hydrogens is 393 g/mol. The van der Waals surface area contributed by atoms with E-state index in [1.807, 2.05) is 0 Å². The van der Waals surface area contributed by atoms with Crippen LogP contribution in [0.3, 0.4) is 0 Å². The van der Waals surface area contributed by atoms with Gasteiger partial charge in [-0.05, 0) is 20.8 Å². The Hall–Kier alpha value is -2.04. The summed E-state index contributed by atoms with van der Waals surface area (Å²) < 4.78 is 31.1. The molecule has 0 amide bonds. The number of carbonyl (C=O) groups is 1. The normalized spacial score (nSPS) is 35.9. The summed E-state index contributed by atoms with van der Waals surface area (Å²) in [6.45, 7) is 8.59. The molecule has 0 radical (unpaired) electrons. The first-order valence-corrected chi connectivity index (χ1v) is 10.1. The van der Waals surface area contributed by atoms with Gasteiger partial charge in [-0.1, -0.05) is 12.2 Å². The summed E-state index contributed by atoms with van der Waals surface area (Å²) in [6, 6.07) is 0.0163. The summed E-state index contributed by atoms with van der Waals surface area (Å²) in [7, 11) is -3.95. The van der Waals surface area contributed by atoms with Crippen LogP contribution in [0, 0.1) is 5.41 Å². The van der Waals surface area contributed by atoms with E-state index in [4.69, 9.17) is 18.9 Å². The zero-order valence-corrected chi connectivity index (χ0v) is 16.5. The van der Waals surface area contributed by atoms with Gasteiger partial charge in [-0.15, -0.1) is 0 Å². The molecule has 0 spiro atoms. The first-order valence-electron chi connectivity index (χ1n) is 8.54. The Labute approximate surface area is 159 Å². The second-order valence-electron chi connectivity index (χ2n) is 7.12. The maximum atomic E-state index is 12.9. The molecule has 0 aliphatic carbocycles. The highest BCUT2D eigenvalue weighted by molar-refractivity contribution is 7.51. The molecule has 0 bridgehead atoms. The van der Waals surface area contributed by atoms with Gasteiger partial charge in [-0.25, -0.2) is 14.4 Å². The molecule has 3 heterocycles. The van der Waals surface area contributed by atoms with Gasteiger partial charge in [-0.3, -0.25) is 28.2 Å². The van der Waals surface area contributed by atoms with Crippen molar-refractivity contribution in [1.29, 1.82) is 0 Å². The number of nitrogens with zero attached hydrogens (tertiary/aromatic N) is 1. The number of aromatic nitrogens is 2. The number of rotatable bonds is 5. The maximum Gasteiger partial charge on any atom is 0.406 e. The lowest BCUT2D eigenvalue weighted by Crippen LogP contribution is -2.47. The quantitative estimate of drug-likeness (QED) is 0.464. The molecule has 3 unspecified atom stereocenters. The second-order valence-corrected chi connectivity index (χ2v) is 8.84. The topological polar surface area (TPSA) is 149 Å². The minimum Gasteiger partial charge on any atom is -0.480 e. The van der Waals surface area contributed by atoms with E-state index in [9.17, 15) is 18.9 Å². The van der Waals surface area contributed by atoms with Crippen LogP contribution in [0.2, 0.25) is 0 Å². The standard InChI is InChI=1S/C16H22N3O8P/c1-8(2)16(4)12-10(7-25-28(24,27-12)18-9(3)13(21)22)26-14(16)19-6-5-11(20)17-15(19)23/h5-6,9-10,12,14H,1,7H2,2-4H3,(H,18,24)(H,21,22)(H,17,20,23)/t9?,10-,12-,14?,16-,28?/m1/s1. The highest BCUT2D eigenvalue weighted by Crippen LogP contribution is 2.60. The number of aliphatic carboxylic acids is 1. The van der Waals surface area contributed by atoms with Gasteiger partial charge in [0.2, 0.25) is 0 Å². The van der Waals surface area contributed by atoms with Crippen LogP contribution in [0.15, 0.2) is 34.0 Å². The predicted octanol–water partition coefficient (Wildman–Crippen LogP) is 0.603. The van der Waals surface area contributed by atoms with Crippen molar-refractivity contribution in [2.24, 2.45) is 5.41 Å². The van der Waals surface area contributed by atoms with Crippen LogP contribution < -0.4 is 16.3 Å². The Kier molecular flexibility index (Phi) is 5.24. The molecule has 6 atom stereocenters. The van der Waals surface area contributed by atoms with E-state index in [1.54, 1.807) is 13.8 Å². The van der Waals surface area contributed by atoms with E-state index in [-0.39, 0.29) is 6.61 Å². The van der Waals surface area contributed by atoms with E-state index in [1.165, 1.54) is 23.8 Å². The van der Waals surface area contributed by atoms with Crippen molar-refractivity contribution in [3.8, 4) is 0 Å². The first kappa shape index (κ1) is 20.7. The third kappa shape index (κ3) is 3.40. The first-order chi connectivity index (χ1) is 13.0. The van der Waals surface area contributed by atoms with Crippen LogP contribution in [0.4, 0.5) is 0 Å². The van der Waals surface area contributed by atoms with Crippen LogP contribution in [0.5, 0.6) is 0 Å². The van der Waals surface area contributed by atoms with Crippen molar-refractivity contribution in [2.45, 2.75) is 45.2 Å². The Morgan fingerprint density at radius 3 is 2.79 bits per heavy atom. The number of H-pyrrole nitrogens is 1. The third-order valence-corrected chi connectivity index (χ3v) is 6.85. The van der Waals surface area contributed by atoms with E-state index >= 15 is 0 Å². The molecule has 2 aliphatic heterocycles. The zero-order chi connectivity index (χ0) is 20.9. The lowest BCUT2D eigenvalue weighted by atomic mass is 9.76. The van der Waals surface area contributed by atoms with Gasteiger partial charge in [0.25, 0.3) is 5.56 Å². The number of aromatic amines is 1. The van der Waals surface area contributed by atoms with Crippen LogP contribution >= 0.6 is 7.75 Å². The number of carboxylic acids is 1. The zero-order valence-electron chi connectivity index (χ0n) is 15.6. The third-order valence-electron chi connectivity index (χ3n) is 5.15. The minimum atomic E-state index is -3.95. The van der Waals surface area contributed by atoms with Gasteiger partial charge < -0.3 is 9.84 Å². The van der Waals surface area contributed by atoms with Crippen LogP contribution in [-0.4, -0.2) is 45.5 Å². The number of nitrogens with one attached hydrogen (secondary N) is 2. The SMILES string of the molecule is C=C(C)[C@@]1(C)C(n2ccc(=O)[nH]c2=O)O[C@@H]2COP(=O)(NC(C)C(=O)O)O[C@H]21. The molecule has 28 heavy (non-hydrogen) atoms. The summed E-state index contributed by atoms with van der Waals surface area (Å²) in [5.41, 5.74) is -1.65. The summed E-state index contributed by atoms with van der Waals surface area (Å²) in [5, 5.41) is 11.4. The van der Waals surface area contributed by atoms with E-state index < -0.39 is 54.9 Å². The number of fused-ring (bicyclic) bond motifs is 1. The predicted molar refractivity (Wildman–Crippen MR) is 96.8 cm³/mol. The highest BCUT2D eigenvalue weighted by Gasteiger charge is 2.60. The Morgan fingerprint density at radius 1 is 1.54 bits per heavy atom. The van der Waals surface area contributed by atoms with Gasteiger partial charge in [0, 0.05) is 12.3 Å². The lowest BCUT2D eigenvalue weighted by Gasteiger charge is -2.39. The van der Waals surface area contributed by atoms with Gasteiger partial charge in [0.15, 0.2) is 0 Å². The van der Waals surface area contributed by atoms with E-state index in [2.05, 4.69) is 16.7 Å². The summed E-state index contributed by atoms with van der Waals surface area (Å²) in [6.07, 6.45) is -1.12. The van der Waals surface area contributed by atoms with E-state index in [0.29, 0.717) is 5.57 Å². The fourth-order valence-electron chi connectivity index (χ4n) is 3.34. The number of hydrogen-bond donors (Lipinski definition) is 3. The molecule has 11 nitrogen and oxygen atoms in total. The molecule has 2 fully saturated rings. The highest BCUT2D eigenvalue weighted by atomic mass is 31.2. The molecule has 3 N–H and O–H groups in total.